The van der Waals surface area contributed by atoms with Crippen molar-refractivity contribution in [3.05, 3.63) is 0 Å². The van der Waals surface area contributed by atoms with Crippen LogP contribution in [-0.2, 0) is 0 Å². The SMILES string of the molecule is CN(C)C1CCCN(CCC2CCCC2(O)CN)C1. The number of hydrogen-bond acceptors (Lipinski definition) is 4. The van der Waals surface area contributed by atoms with Crippen LogP contribution in [0.5, 0.6) is 0 Å². The van der Waals surface area contributed by atoms with Crippen LogP contribution in [0.25, 0.3) is 0 Å². The van der Waals surface area contributed by atoms with Gasteiger partial charge in [0.15, 0.2) is 0 Å². The molecule has 0 bridgehead atoms. The second-order valence-electron chi connectivity index (χ2n) is 6.75. The molecule has 0 spiro atoms. The Labute approximate surface area is 117 Å². The van der Waals surface area contributed by atoms with Crippen molar-refractivity contribution >= 4 is 0 Å². The zero-order chi connectivity index (χ0) is 13.9. The van der Waals surface area contributed by atoms with E-state index in [0.29, 0.717) is 18.5 Å². The molecule has 0 amide bonds. The molecule has 1 aliphatic heterocycles. The lowest BCUT2D eigenvalue weighted by molar-refractivity contribution is 0.00257. The molecular weight excluding hydrogens is 238 g/mol. The van der Waals surface area contributed by atoms with Gasteiger partial charge in [0.1, 0.15) is 0 Å². The number of rotatable bonds is 5. The molecule has 19 heavy (non-hydrogen) atoms. The highest BCUT2D eigenvalue weighted by atomic mass is 16.3. The Kier molecular flexibility index (Phi) is 5.23. The minimum absolute atomic E-state index is 0.414. The lowest BCUT2D eigenvalue weighted by Crippen LogP contribution is -2.47. The molecule has 3 atom stereocenters. The first-order valence-electron chi connectivity index (χ1n) is 7.86. The van der Waals surface area contributed by atoms with E-state index in [2.05, 4.69) is 23.9 Å². The summed E-state index contributed by atoms with van der Waals surface area (Å²) >= 11 is 0. The lowest BCUT2D eigenvalue weighted by Gasteiger charge is -2.37. The summed E-state index contributed by atoms with van der Waals surface area (Å²) in [5.41, 5.74) is 5.19. The van der Waals surface area contributed by atoms with Crippen LogP contribution in [0, 0.1) is 5.92 Å². The van der Waals surface area contributed by atoms with Crippen LogP contribution >= 0.6 is 0 Å². The van der Waals surface area contributed by atoms with E-state index in [1.54, 1.807) is 0 Å². The molecular formula is C15H31N3O. The predicted molar refractivity (Wildman–Crippen MR) is 79.1 cm³/mol. The highest BCUT2D eigenvalue weighted by molar-refractivity contribution is 4.93. The maximum absolute atomic E-state index is 10.5. The molecule has 0 radical (unpaired) electrons. The number of likely N-dealkylation sites (tertiary alicyclic amines) is 1. The van der Waals surface area contributed by atoms with Gasteiger partial charge in [0.2, 0.25) is 0 Å². The highest BCUT2D eigenvalue weighted by Gasteiger charge is 2.39. The summed E-state index contributed by atoms with van der Waals surface area (Å²) in [5.74, 6) is 0.414. The zero-order valence-electron chi connectivity index (χ0n) is 12.6. The smallest absolute Gasteiger partial charge is 0.0797 e. The van der Waals surface area contributed by atoms with Gasteiger partial charge in [-0.1, -0.05) is 6.42 Å². The summed E-state index contributed by atoms with van der Waals surface area (Å²) in [6, 6.07) is 0.700. The largest absolute Gasteiger partial charge is 0.388 e. The maximum atomic E-state index is 10.5. The summed E-state index contributed by atoms with van der Waals surface area (Å²) in [6.45, 7) is 3.95. The van der Waals surface area contributed by atoms with Crippen LogP contribution in [0.4, 0.5) is 0 Å². The molecule has 0 aromatic rings. The fourth-order valence-corrected chi connectivity index (χ4v) is 3.80. The van der Waals surface area contributed by atoms with Crippen molar-refractivity contribution in [1.82, 2.24) is 9.80 Å². The molecule has 1 saturated heterocycles. The normalized spacial score (nSPS) is 37.1. The molecule has 4 heteroatoms. The van der Waals surface area contributed by atoms with E-state index in [1.165, 1.54) is 25.9 Å². The van der Waals surface area contributed by atoms with E-state index in [0.717, 1.165) is 32.2 Å². The van der Waals surface area contributed by atoms with Gasteiger partial charge in [0, 0.05) is 19.1 Å². The topological polar surface area (TPSA) is 52.7 Å². The lowest BCUT2D eigenvalue weighted by atomic mass is 9.88. The van der Waals surface area contributed by atoms with Gasteiger partial charge >= 0.3 is 0 Å². The summed E-state index contributed by atoms with van der Waals surface area (Å²) in [6.07, 6.45) is 6.91. The van der Waals surface area contributed by atoms with Gasteiger partial charge in [-0.05, 0) is 65.2 Å². The minimum atomic E-state index is -0.573. The predicted octanol–water partition coefficient (Wildman–Crippen LogP) is 0.892. The van der Waals surface area contributed by atoms with Gasteiger partial charge in [0.25, 0.3) is 0 Å². The van der Waals surface area contributed by atoms with Crippen LogP contribution in [0.3, 0.4) is 0 Å². The fraction of sp³-hybridized carbons (Fsp3) is 1.00. The van der Waals surface area contributed by atoms with E-state index < -0.39 is 5.60 Å². The van der Waals surface area contributed by atoms with Gasteiger partial charge in [0.05, 0.1) is 5.60 Å². The molecule has 2 aliphatic rings. The van der Waals surface area contributed by atoms with Crippen molar-refractivity contribution in [2.75, 3.05) is 40.3 Å². The Bertz CT molecular complexity index is 285. The van der Waals surface area contributed by atoms with Gasteiger partial charge in [-0.25, -0.2) is 0 Å². The summed E-state index contributed by atoms with van der Waals surface area (Å²) in [5, 5.41) is 10.5. The Morgan fingerprint density at radius 3 is 2.79 bits per heavy atom. The molecule has 1 saturated carbocycles. The maximum Gasteiger partial charge on any atom is 0.0797 e. The van der Waals surface area contributed by atoms with E-state index in [-0.39, 0.29) is 0 Å². The van der Waals surface area contributed by atoms with E-state index in [9.17, 15) is 5.11 Å². The quantitative estimate of drug-likeness (QED) is 0.778. The van der Waals surface area contributed by atoms with Crippen LogP contribution < -0.4 is 5.73 Å². The number of nitrogens with zero attached hydrogens (tertiary/aromatic N) is 2. The molecule has 2 fully saturated rings. The summed E-state index contributed by atoms with van der Waals surface area (Å²) in [7, 11) is 4.36. The number of likely N-dealkylation sites (N-methyl/N-ethyl adjacent to an activating group) is 1. The molecule has 1 heterocycles. The third-order valence-corrected chi connectivity index (χ3v) is 5.28. The monoisotopic (exact) mass is 269 g/mol. The molecule has 1 aliphatic carbocycles. The van der Waals surface area contributed by atoms with Crippen LogP contribution in [0.2, 0.25) is 0 Å². The first kappa shape index (κ1) is 15.2. The molecule has 112 valence electrons. The Hall–Kier alpha value is -0.160. The first-order chi connectivity index (χ1) is 9.05. The highest BCUT2D eigenvalue weighted by Crippen LogP contribution is 2.37. The third kappa shape index (κ3) is 3.69. The fourth-order valence-electron chi connectivity index (χ4n) is 3.80. The Morgan fingerprint density at radius 2 is 2.11 bits per heavy atom. The molecule has 3 unspecified atom stereocenters. The van der Waals surface area contributed by atoms with Gasteiger partial charge in [-0.2, -0.15) is 0 Å². The van der Waals surface area contributed by atoms with Crippen molar-refractivity contribution in [3.63, 3.8) is 0 Å². The van der Waals surface area contributed by atoms with Crippen molar-refractivity contribution in [3.8, 4) is 0 Å². The average Bonchev–Trinajstić information content (AvgIpc) is 2.79. The van der Waals surface area contributed by atoms with Crippen LogP contribution in [0.1, 0.15) is 38.5 Å². The standard InChI is InChI=1S/C15H31N3O/c1-17(2)14-6-4-9-18(11-14)10-7-13-5-3-8-15(13,19)12-16/h13-14,19H,3-12,16H2,1-2H3. The van der Waals surface area contributed by atoms with Gasteiger partial charge < -0.3 is 20.6 Å². The molecule has 0 aromatic carbocycles. The minimum Gasteiger partial charge on any atom is -0.388 e. The van der Waals surface area contributed by atoms with Crippen LogP contribution in [0.15, 0.2) is 0 Å². The molecule has 4 nitrogen and oxygen atoms in total. The van der Waals surface area contributed by atoms with Gasteiger partial charge in [-0.15, -0.1) is 0 Å². The van der Waals surface area contributed by atoms with E-state index in [4.69, 9.17) is 5.73 Å². The zero-order valence-corrected chi connectivity index (χ0v) is 12.6. The first-order valence-corrected chi connectivity index (χ1v) is 7.86. The van der Waals surface area contributed by atoms with Crippen molar-refractivity contribution in [2.45, 2.75) is 50.2 Å². The van der Waals surface area contributed by atoms with E-state index in [1.807, 2.05) is 0 Å². The Morgan fingerprint density at radius 1 is 1.32 bits per heavy atom. The molecule has 2 rings (SSSR count). The van der Waals surface area contributed by atoms with Crippen molar-refractivity contribution in [1.29, 1.82) is 0 Å². The summed E-state index contributed by atoms with van der Waals surface area (Å²) in [4.78, 5) is 4.92. The number of nitrogens with two attached hydrogens (primary N) is 1. The second-order valence-corrected chi connectivity index (χ2v) is 6.75. The number of piperidine rings is 1. The summed E-state index contributed by atoms with van der Waals surface area (Å²) < 4.78 is 0. The van der Waals surface area contributed by atoms with E-state index >= 15 is 0 Å². The average molecular weight is 269 g/mol. The van der Waals surface area contributed by atoms with Gasteiger partial charge in [-0.3, -0.25) is 0 Å². The number of aliphatic hydroxyl groups is 1. The number of hydrogen-bond donors (Lipinski definition) is 2. The van der Waals surface area contributed by atoms with Crippen LogP contribution in [-0.4, -0.2) is 66.8 Å². The second kappa shape index (κ2) is 6.53. The van der Waals surface area contributed by atoms with Crippen molar-refractivity contribution < 1.29 is 5.11 Å². The molecule has 3 N–H and O–H groups in total. The molecule has 0 aromatic heterocycles. The Balaban J connectivity index is 1.79. The van der Waals surface area contributed by atoms with Crippen molar-refractivity contribution in [2.24, 2.45) is 11.7 Å². The third-order valence-electron chi connectivity index (χ3n) is 5.28.